The minimum absolute atomic E-state index is 0.0945. The number of rotatable bonds is 1. The fraction of sp³-hybridized carbons (Fsp3) is 0.600. The summed E-state index contributed by atoms with van der Waals surface area (Å²) in [6.07, 6.45) is 6.56. The summed E-state index contributed by atoms with van der Waals surface area (Å²) < 4.78 is 16.3. The average Bonchev–Trinajstić information content (AvgIpc) is 3.22. The Balaban J connectivity index is 1.60. The number of ether oxygens (including phenoxy) is 2. The first-order chi connectivity index (χ1) is 12.5. The van der Waals surface area contributed by atoms with Gasteiger partial charge in [-0.2, -0.15) is 0 Å². The molecule has 1 saturated carbocycles. The summed E-state index contributed by atoms with van der Waals surface area (Å²) >= 11 is 0. The molecule has 26 heavy (non-hydrogen) atoms. The molecule has 2 saturated heterocycles. The van der Waals surface area contributed by atoms with E-state index in [2.05, 4.69) is 6.92 Å². The third kappa shape index (κ3) is 1.91. The van der Waals surface area contributed by atoms with E-state index in [9.17, 15) is 14.7 Å². The van der Waals surface area contributed by atoms with Crippen molar-refractivity contribution in [2.75, 3.05) is 6.61 Å². The summed E-state index contributed by atoms with van der Waals surface area (Å²) in [5.74, 6) is -1.10. The Morgan fingerprint density at radius 2 is 2.12 bits per heavy atom. The number of hydrogen-bond donors (Lipinski definition) is 1. The van der Waals surface area contributed by atoms with Crippen LogP contribution in [0.15, 0.2) is 34.7 Å². The molecule has 138 valence electrons. The van der Waals surface area contributed by atoms with E-state index < -0.39 is 29.0 Å². The Hall–Kier alpha value is -2.08. The van der Waals surface area contributed by atoms with Crippen molar-refractivity contribution in [1.82, 2.24) is 0 Å². The van der Waals surface area contributed by atoms with Gasteiger partial charge in [-0.3, -0.25) is 4.79 Å². The van der Waals surface area contributed by atoms with Crippen LogP contribution in [-0.2, 0) is 19.1 Å². The molecule has 4 aliphatic rings. The van der Waals surface area contributed by atoms with Crippen molar-refractivity contribution in [2.24, 2.45) is 22.7 Å². The molecule has 3 fully saturated rings. The number of allylic oxidation sites excluding steroid dienone is 1. The molecule has 0 bridgehead atoms. The Morgan fingerprint density at radius 3 is 2.88 bits per heavy atom. The lowest BCUT2D eigenvalue weighted by Gasteiger charge is -2.59. The molecule has 1 aromatic heterocycles. The highest BCUT2D eigenvalue weighted by molar-refractivity contribution is 5.93. The molecule has 1 N–H and O–H groups in total. The van der Waals surface area contributed by atoms with Crippen LogP contribution in [0.1, 0.15) is 44.3 Å². The van der Waals surface area contributed by atoms with Crippen LogP contribution < -0.4 is 0 Å². The highest BCUT2D eigenvalue weighted by Crippen LogP contribution is 2.66. The number of fused-ring (bicyclic) bond motifs is 2. The molecular formula is C20H22O6. The zero-order chi connectivity index (χ0) is 18.1. The second kappa shape index (κ2) is 5.22. The third-order valence-electron chi connectivity index (χ3n) is 7.21. The molecular weight excluding hydrogens is 336 g/mol. The number of aliphatic hydroxyl groups is 1. The van der Waals surface area contributed by atoms with Crippen molar-refractivity contribution < 1.29 is 28.6 Å². The van der Waals surface area contributed by atoms with Crippen LogP contribution in [0.25, 0.3) is 0 Å². The maximum absolute atomic E-state index is 12.9. The quantitative estimate of drug-likeness (QED) is 0.777. The van der Waals surface area contributed by atoms with Crippen LogP contribution in [0, 0.1) is 22.7 Å². The molecule has 2 aliphatic heterocycles. The molecule has 5 rings (SSSR count). The number of hydrogen-bond acceptors (Lipinski definition) is 6. The highest BCUT2D eigenvalue weighted by Gasteiger charge is 2.67. The van der Waals surface area contributed by atoms with Gasteiger partial charge in [-0.15, -0.1) is 0 Å². The normalized spacial score (nSPS) is 44.3. The van der Waals surface area contributed by atoms with Crippen LogP contribution >= 0.6 is 0 Å². The summed E-state index contributed by atoms with van der Waals surface area (Å²) in [5, 5.41) is 10.9. The maximum atomic E-state index is 12.9. The summed E-state index contributed by atoms with van der Waals surface area (Å²) in [7, 11) is 0. The summed E-state index contributed by atoms with van der Waals surface area (Å²) in [6.45, 7) is 2.37. The van der Waals surface area contributed by atoms with E-state index >= 15 is 0 Å². The molecule has 6 nitrogen and oxygen atoms in total. The molecule has 1 spiro atoms. The fourth-order valence-electron chi connectivity index (χ4n) is 6.21. The van der Waals surface area contributed by atoms with Crippen molar-refractivity contribution in [3.05, 3.63) is 35.8 Å². The first-order valence-corrected chi connectivity index (χ1v) is 9.24. The Kier molecular flexibility index (Phi) is 3.24. The second-order valence-electron chi connectivity index (χ2n) is 8.42. The molecule has 6 atom stereocenters. The molecule has 0 radical (unpaired) electrons. The number of carbonyl (C=O) groups is 2. The van der Waals surface area contributed by atoms with Gasteiger partial charge in [0.2, 0.25) is 0 Å². The van der Waals surface area contributed by atoms with E-state index in [0.717, 1.165) is 18.4 Å². The Morgan fingerprint density at radius 1 is 1.27 bits per heavy atom. The van der Waals surface area contributed by atoms with Crippen LogP contribution in [-0.4, -0.2) is 29.8 Å². The van der Waals surface area contributed by atoms with Gasteiger partial charge < -0.3 is 19.0 Å². The fourth-order valence-corrected chi connectivity index (χ4v) is 6.21. The number of cyclic esters (lactones) is 2. The first-order valence-electron chi connectivity index (χ1n) is 9.24. The number of aliphatic hydroxyl groups excluding tert-OH is 1. The van der Waals surface area contributed by atoms with E-state index in [-0.39, 0.29) is 17.9 Å². The van der Waals surface area contributed by atoms with Crippen LogP contribution in [0.2, 0.25) is 0 Å². The van der Waals surface area contributed by atoms with Crippen molar-refractivity contribution >= 4 is 11.9 Å². The largest absolute Gasteiger partial charge is 0.472 e. The van der Waals surface area contributed by atoms with Crippen molar-refractivity contribution in [2.45, 2.75) is 44.8 Å². The minimum Gasteiger partial charge on any atom is -0.472 e. The summed E-state index contributed by atoms with van der Waals surface area (Å²) in [6, 6.07) is 1.81. The van der Waals surface area contributed by atoms with Crippen LogP contribution in [0.5, 0.6) is 0 Å². The summed E-state index contributed by atoms with van der Waals surface area (Å²) in [5.41, 5.74) is 0.574. The Bertz CT molecular complexity index is 795. The predicted octanol–water partition coefficient (Wildman–Crippen LogP) is 2.53. The van der Waals surface area contributed by atoms with Crippen molar-refractivity contribution in [1.29, 1.82) is 0 Å². The van der Waals surface area contributed by atoms with Gasteiger partial charge in [0.25, 0.3) is 0 Å². The van der Waals surface area contributed by atoms with Crippen molar-refractivity contribution in [3.8, 4) is 0 Å². The highest BCUT2D eigenvalue weighted by atomic mass is 16.6. The lowest BCUT2D eigenvalue weighted by molar-refractivity contribution is -0.210. The summed E-state index contributed by atoms with van der Waals surface area (Å²) in [4.78, 5) is 25.1. The lowest BCUT2D eigenvalue weighted by atomic mass is 9.45. The monoisotopic (exact) mass is 358 g/mol. The van der Waals surface area contributed by atoms with E-state index in [4.69, 9.17) is 13.9 Å². The third-order valence-corrected chi connectivity index (χ3v) is 7.21. The van der Waals surface area contributed by atoms with Gasteiger partial charge in [0.1, 0.15) is 12.7 Å². The zero-order valence-electron chi connectivity index (χ0n) is 14.6. The molecule has 0 amide bonds. The van der Waals surface area contributed by atoms with Crippen LogP contribution in [0.4, 0.5) is 0 Å². The van der Waals surface area contributed by atoms with Gasteiger partial charge in [0, 0.05) is 16.6 Å². The maximum Gasteiger partial charge on any atom is 0.334 e. The van der Waals surface area contributed by atoms with Crippen LogP contribution in [0.3, 0.4) is 0 Å². The molecule has 1 aromatic rings. The number of furan rings is 1. The van der Waals surface area contributed by atoms with Crippen molar-refractivity contribution in [3.63, 3.8) is 0 Å². The molecule has 6 heteroatoms. The molecule has 0 unspecified atom stereocenters. The van der Waals surface area contributed by atoms with Gasteiger partial charge in [-0.1, -0.05) is 13.0 Å². The standard InChI is InChI=1S/C20H22O6/c1-19-8-14(11-5-6-24-9-11)26-18(23)16(19)13(21)7-20-10-25-17(22)12(20)3-2-4-15(19)20/h3,5-6,9,13-16,21H,2,4,7-8,10H2,1H3/t13-,14-,15-,16+,19-,20-/m1/s1. The SMILES string of the molecule is C[C@]12C[C@H](c3ccoc3)OC(=O)[C@@H]1[C@H](O)C[C@@]13COC(=O)C1=CCC[C@@H]32. The number of esters is 2. The van der Waals surface area contributed by atoms with E-state index in [0.29, 0.717) is 25.0 Å². The topological polar surface area (TPSA) is 86.0 Å². The van der Waals surface area contributed by atoms with Gasteiger partial charge in [-0.05, 0) is 43.1 Å². The zero-order valence-corrected chi connectivity index (χ0v) is 14.6. The molecule has 2 aliphatic carbocycles. The molecule has 3 heterocycles. The smallest absolute Gasteiger partial charge is 0.334 e. The van der Waals surface area contributed by atoms with Gasteiger partial charge in [0.15, 0.2) is 0 Å². The lowest BCUT2D eigenvalue weighted by Crippen LogP contribution is -2.61. The number of carbonyl (C=O) groups excluding carboxylic acids is 2. The predicted molar refractivity (Wildman–Crippen MR) is 88.6 cm³/mol. The second-order valence-corrected chi connectivity index (χ2v) is 8.42. The minimum atomic E-state index is -0.843. The van der Waals surface area contributed by atoms with Gasteiger partial charge in [-0.25, -0.2) is 4.79 Å². The van der Waals surface area contributed by atoms with E-state index in [1.54, 1.807) is 12.5 Å². The van der Waals surface area contributed by atoms with E-state index in [1.807, 2.05) is 12.1 Å². The van der Waals surface area contributed by atoms with E-state index in [1.165, 1.54) is 0 Å². The average molecular weight is 358 g/mol. The molecule has 0 aromatic carbocycles. The first kappa shape index (κ1) is 16.1. The van der Waals surface area contributed by atoms with Gasteiger partial charge >= 0.3 is 11.9 Å². The Labute approximate surface area is 151 Å². The van der Waals surface area contributed by atoms with Gasteiger partial charge in [0.05, 0.1) is 24.5 Å².